The molecule has 1 aromatic carbocycles. The van der Waals surface area contributed by atoms with Crippen molar-refractivity contribution < 1.29 is 28.6 Å². The molecule has 218 valence electrons. The molecule has 2 amide bonds. The Morgan fingerprint density at radius 2 is 1.90 bits per heavy atom. The van der Waals surface area contributed by atoms with E-state index in [1.807, 2.05) is 28.8 Å². The Kier molecular flexibility index (Phi) is 10.4. The van der Waals surface area contributed by atoms with Crippen molar-refractivity contribution in [1.82, 2.24) is 9.47 Å². The van der Waals surface area contributed by atoms with E-state index in [4.69, 9.17) is 14.2 Å². The number of hydrogen-bond donors (Lipinski definition) is 1. The van der Waals surface area contributed by atoms with Gasteiger partial charge in [0.25, 0.3) is 5.91 Å². The number of unbranched alkanes of at least 4 members (excludes halogenated alkanes) is 2. The Labute approximate surface area is 236 Å². The molecule has 1 fully saturated rings. The van der Waals surface area contributed by atoms with Crippen LogP contribution < -0.4 is 14.8 Å². The molecule has 1 N–H and O–H groups in total. The smallest absolute Gasteiger partial charge is 0.317 e. The number of nitrogens with one attached hydrogen (secondary N) is 1. The van der Waals surface area contributed by atoms with Gasteiger partial charge in [-0.2, -0.15) is 0 Å². The van der Waals surface area contributed by atoms with Crippen molar-refractivity contribution in [3.05, 3.63) is 35.7 Å². The fourth-order valence-corrected chi connectivity index (χ4v) is 4.97. The van der Waals surface area contributed by atoms with Gasteiger partial charge in [0.1, 0.15) is 5.41 Å². The molecule has 10 heteroatoms. The third-order valence-electron chi connectivity index (χ3n) is 7.12. The fourth-order valence-electron chi connectivity index (χ4n) is 4.97. The summed E-state index contributed by atoms with van der Waals surface area (Å²) < 4.78 is 17.8. The van der Waals surface area contributed by atoms with Gasteiger partial charge in [-0.05, 0) is 45.2 Å². The van der Waals surface area contributed by atoms with Crippen LogP contribution in [-0.2, 0) is 26.8 Å². The molecule has 2 aliphatic heterocycles. The van der Waals surface area contributed by atoms with E-state index in [0.29, 0.717) is 35.0 Å². The van der Waals surface area contributed by atoms with Crippen LogP contribution in [0.5, 0.6) is 11.5 Å². The predicted octanol–water partition coefficient (Wildman–Crippen LogP) is 5.02. The van der Waals surface area contributed by atoms with E-state index in [9.17, 15) is 14.4 Å². The Morgan fingerprint density at radius 1 is 1.15 bits per heavy atom. The largest absolute Gasteiger partial charge is 0.493 e. The Morgan fingerprint density at radius 3 is 2.55 bits per heavy atom. The van der Waals surface area contributed by atoms with Crippen molar-refractivity contribution in [2.75, 3.05) is 32.7 Å². The van der Waals surface area contributed by atoms with E-state index in [-0.39, 0.29) is 23.8 Å². The second-order valence-electron chi connectivity index (χ2n) is 10.6. The number of anilines is 1. The first-order valence-electron chi connectivity index (χ1n) is 13.8. The first-order valence-corrected chi connectivity index (χ1v) is 13.8. The number of esters is 1. The van der Waals surface area contributed by atoms with Crippen LogP contribution >= 0.6 is 0 Å². The maximum atomic E-state index is 12.7. The number of aryl methyl sites for hydroxylation is 1. The molecule has 2 aliphatic rings. The number of amides is 2. The molecule has 0 saturated carbocycles. The topological polar surface area (TPSA) is 111 Å². The molecule has 0 bridgehead atoms. The lowest BCUT2D eigenvalue weighted by Gasteiger charge is -2.22. The van der Waals surface area contributed by atoms with Gasteiger partial charge in [0.15, 0.2) is 11.5 Å². The molecule has 10 nitrogen and oxygen atoms in total. The summed E-state index contributed by atoms with van der Waals surface area (Å²) in [6, 6.07) is 5.50. The van der Waals surface area contributed by atoms with Crippen molar-refractivity contribution in [3.63, 3.8) is 0 Å². The first-order chi connectivity index (χ1) is 19.0. The summed E-state index contributed by atoms with van der Waals surface area (Å²) in [5.74, 6) is 0.845. The number of rotatable bonds is 9. The van der Waals surface area contributed by atoms with Crippen LogP contribution in [0.1, 0.15) is 75.9 Å². The molecule has 1 aromatic heterocycles. The zero-order chi connectivity index (χ0) is 29.4. The van der Waals surface area contributed by atoms with Crippen LogP contribution in [0, 0.1) is 0 Å². The summed E-state index contributed by atoms with van der Waals surface area (Å²) in [4.78, 5) is 41.8. The second kappa shape index (κ2) is 13.5. The van der Waals surface area contributed by atoms with Crippen LogP contribution in [0.25, 0.3) is 0 Å². The normalized spacial score (nSPS) is 15.8. The van der Waals surface area contributed by atoms with E-state index >= 15 is 0 Å². The monoisotopic (exact) mass is 554 g/mol. The van der Waals surface area contributed by atoms with Gasteiger partial charge in [-0.3, -0.25) is 19.4 Å². The predicted molar refractivity (Wildman–Crippen MR) is 155 cm³/mol. The van der Waals surface area contributed by atoms with Gasteiger partial charge in [-0.25, -0.2) is 0 Å². The standard InChI is InChI=1S/C18H24N2O3.C12H18N2O3/c1-3-4-5-9-23-17-11-15-14(10-16(17)22-2)18(21)20-8-6-7-13(20)12-19-15;1-8(15)13-9-6-10(14(4)7-9)12(2,3)11(16)17-5/h10-13H,3-9H2,1-2H3;6-7H,1-5H3,(H,13,15). The number of aliphatic imine (C=N–C) groups is 1. The van der Waals surface area contributed by atoms with Crippen LogP contribution in [-0.4, -0.2) is 66.9 Å². The number of benzene rings is 1. The minimum Gasteiger partial charge on any atom is -0.493 e. The molecule has 3 heterocycles. The lowest BCUT2D eigenvalue weighted by atomic mass is 9.89. The number of hydrogen-bond acceptors (Lipinski definition) is 7. The summed E-state index contributed by atoms with van der Waals surface area (Å²) in [5, 5.41) is 2.68. The Bertz CT molecular complexity index is 1250. The fraction of sp³-hybridized carbons (Fsp3) is 0.533. The number of nitrogens with zero attached hydrogens (tertiary/aromatic N) is 3. The lowest BCUT2D eigenvalue weighted by Crippen LogP contribution is -2.35. The number of carbonyl (C=O) groups is 3. The zero-order valence-electron chi connectivity index (χ0n) is 24.7. The molecular formula is C30H42N4O6. The molecule has 1 saturated heterocycles. The minimum atomic E-state index is -0.750. The van der Waals surface area contributed by atoms with Crippen molar-refractivity contribution in [1.29, 1.82) is 0 Å². The highest BCUT2D eigenvalue weighted by Gasteiger charge is 2.34. The van der Waals surface area contributed by atoms with Gasteiger partial charge in [-0.15, -0.1) is 0 Å². The van der Waals surface area contributed by atoms with Crippen LogP contribution in [0.15, 0.2) is 29.4 Å². The third-order valence-corrected chi connectivity index (χ3v) is 7.12. The minimum absolute atomic E-state index is 0.0378. The molecule has 0 radical (unpaired) electrons. The molecule has 2 aromatic rings. The van der Waals surface area contributed by atoms with E-state index in [1.165, 1.54) is 14.0 Å². The number of aromatic nitrogens is 1. The maximum absolute atomic E-state index is 12.7. The summed E-state index contributed by atoms with van der Waals surface area (Å²) in [6.45, 7) is 8.62. The number of ether oxygens (including phenoxy) is 3. The van der Waals surface area contributed by atoms with Crippen LogP contribution in [0.4, 0.5) is 11.4 Å². The van der Waals surface area contributed by atoms with Gasteiger partial charge < -0.3 is 29.0 Å². The summed E-state index contributed by atoms with van der Waals surface area (Å²) in [6.07, 6.45) is 8.98. The molecule has 0 spiro atoms. The van der Waals surface area contributed by atoms with Gasteiger partial charge in [-0.1, -0.05) is 19.8 Å². The van der Waals surface area contributed by atoms with Crippen molar-refractivity contribution in [2.24, 2.45) is 12.0 Å². The highest BCUT2D eigenvalue weighted by Crippen LogP contribution is 2.38. The van der Waals surface area contributed by atoms with Gasteiger partial charge >= 0.3 is 5.97 Å². The third kappa shape index (κ3) is 7.03. The maximum Gasteiger partial charge on any atom is 0.317 e. The molecule has 1 atom stereocenters. The van der Waals surface area contributed by atoms with Crippen molar-refractivity contribution in [2.45, 2.75) is 71.3 Å². The van der Waals surface area contributed by atoms with Crippen molar-refractivity contribution in [3.8, 4) is 11.5 Å². The quantitative estimate of drug-likeness (QED) is 0.344. The van der Waals surface area contributed by atoms with Gasteiger partial charge in [0, 0.05) is 44.7 Å². The van der Waals surface area contributed by atoms with E-state index in [0.717, 1.165) is 44.3 Å². The highest BCUT2D eigenvalue weighted by atomic mass is 16.5. The average molecular weight is 555 g/mol. The average Bonchev–Trinajstić information content (AvgIpc) is 3.52. The second-order valence-corrected chi connectivity index (χ2v) is 10.6. The molecule has 1 unspecified atom stereocenters. The van der Waals surface area contributed by atoms with Gasteiger partial charge in [0.2, 0.25) is 5.91 Å². The van der Waals surface area contributed by atoms with Crippen LogP contribution in [0.2, 0.25) is 0 Å². The molecule has 40 heavy (non-hydrogen) atoms. The van der Waals surface area contributed by atoms with E-state index in [2.05, 4.69) is 17.2 Å². The van der Waals surface area contributed by atoms with E-state index < -0.39 is 5.41 Å². The summed E-state index contributed by atoms with van der Waals surface area (Å²) in [7, 11) is 4.79. The number of carbonyl (C=O) groups excluding carboxylic acids is 3. The number of fused-ring (bicyclic) bond motifs is 2. The zero-order valence-corrected chi connectivity index (χ0v) is 24.7. The Balaban J connectivity index is 0.000000232. The number of methoxy groups -OCH3 is 2. The molecule has 4 rings (SSSR count). The molecular weight excluding hydrogens is 512 g/mol. The van der Waals surface area contributed by atoms with Crippen molar-refractivity contribution >= 4 is 35.4 Å². The highest BCUT2D eigenvalue weighted by molar-refractivity contribution is 6.03. The molecule has 0 aliphatic carbocycles. The van der Waals surface area contributed by atoms with E-state index in [1.54, 1.807) is 39.3 Å². The summed E-state index contributed by atoms with van der Waals surface area (Å²) in [5.41, 5.74) is 1.99. The van der Waals surface area contributed by atoms with Crippen LogP contribution in [0.3, 0.4) is 0 Å². The van der Waals surface area contributed by atoms with Gasteiger partial charge in [0.05, 0.1) is 43.8 Å². The summed E-state index contributed by atoms with van der Waals surface area (Å²) >= 11 is 0. The first kappa shape index (κ1) is 30.7. The SMILES string of the molecule is CCCCCOc1cc2c(cc1OC)C(=O)N1CCCC1C=N2.COC(=O)C(C)(C)c1cc(NC(C)=O)cn1C. The lowest BCUT2D eigenvalue weighted by molar-refractivity contribution is -0.146. The Hall–Kier alpha value is -3.82.